The summed E-state index contributed by atoms with van der Waals surface area (Å²) in [5.41, 5.74) is 6.60. The number of nitrogens with two attached hydrogens (primary N) is 1. The minimum absolute atomic E-state index is 0.194. The zero-order valence-electron chi connectivity index (χ0n) is 7.27. The maximum Gasteiger partial charge on any atom is 0.212 e. The molecule has 0 amide bonds. The summed E-state index contributed by atoms with van der Waals surface area (Å²) in [6, 6.07) is 1.88. The van der Waals surface area contributed by atoms with Gasteiger partial charge in [-0.2, -0.15) is 10.2 Å². The van der Waals surface area contributed by atoms with Crippen LogP contribution in [0.3, 0.4) is 0 Å². The Balaban J connectivity index is 2.75. The molecule has 0 saturated carbocycles. The van der Waals surface area contributed by atoms with Gasteiger partial charge in [-0.1, -0.05) is 11.8 Å². The maximum absolute atomic E-state index is 8.62. The molecule has 0 radical (unpaired) electrons. The Labute approximate surface area is 83.6 Å². The molecule has 0 aliphatic heterocycles. The normalized spacial score (nSPS) is 10.3. The number of nitrogen functional groups attached to an aromatic ring is 1. The number of imidazole rings is 1. The van der Waals surface area contributed by atoms with Gasteiger partial charge in [0.25, 0.3) is 0 Å². The zero-order chi connectivity index (χ0) is 10.1. The van der Waals surface area contributed by atoms with Gasteiger partial charge in [0.2, 0.25) is 5.82 Å². The highest BCUT2D eigenvalue weighted by molar-refractivity contribution is 7.98. The molecule has 7 heteroatoms. The number of hydrogen-bond donors (Lipinski definition) is 2. The molecule has 3 N–H and O–H groups in total. The van der Waals surface area contributed by atoms with Crippen LogP contribution in [0.4, 0.5) is 5.82 Å². The zero-order valence-corrected chi connectivity index (χ0v) is 8.09. The molecule has 0 fully saturated rings. The van der Waals surface area contributed by atoms with Crippen molar-refractivity contribution in [3.8, 4) is 6.07 Å². The first kappa shape index (κ1) is 8.77. The number of thioether (sulfide) groups is 1. The molecule has 0 aliphatic rings. The molecule has 0 aromatic carbocycles. The van der Waals surface area contributed by atoms with E-state index in [9.17, 15) is 0 Å². The van der Waals surface area contributed by atoms with Gasteiger partial charge < -0.3 is 10.7 Å². The molecule has 0 atom stereocenters. The molecule has 2 aromatic heterocycles. The van der Waals surface area contributed by atoms with Crippen molar-refractivity contribution in [2.45, 2.75) is 5.16 Å². The van der Waals surface area contributed by atoms with Crippen molar-refractivity contribution in [2.75, 3.05) is 12.0 Å². The SMILES string of the molecule is CSc1nc(N)c2[nH]c(C#N)nc2n1. The first-order valence-electron chi connectivity index (χ1n) is 3.72. The third kappa shape index (κ3) is 1.25. The summed E-state index contributed by atoms with van der Waals surface area (Å²) < 4.78 is 0. The number of nitrogens with one attached hydrogen (secondary N) is 1. The molecule has 0 aliphatic carbocycles. The van der Waals surface area contributed by atoms with Crippen LogP contribution < -0.4 is 5.73 Å². The van der Waals surface area contributed by atoms with E-state index >= 15 is 0 Å². The quantitative estimate of drug-likeness (QED) is 0.521. The number of nitriles is 1. The maximum atomic E-state index is 8.62. The van der Waals surface area contributed by atoms with E-state index in [-0.39, 0.29) is 5.82 Å². The Morgan fingerprint density at radius 3 is 2.86 bits per heavy atom. The number of hydrogen-bond acceptors (Lipinski definition) is 6. The van der Waals surface area contributed by atoms with E-state index in [2.05, 4.69) is 19.9 Å². The topological polar surface area (TPSA) is 104 Å². The summed E-state index contributed by atoms with van der Waals surface area (Å²) in [5, 5.41) is 9.17. The van der Waals surface area contributed by atoms with E-state index in [0.29, 0.717) is 22.1 Å². The number of anilines is 1. The monoisotopic (exact) mass is 206 g/mol. The van der Waals surface area contributed by atoms with E-state index in [0.717, 1.165) is 0 Å². The number of H-pyrrole nitrogens is 1. The molecule has 6 nitrogen and oxygen atoms in total. The number of aromatic amines is 1. The fourth-order valence-corrected chi connectivity index (χ4v) is 1.41. The van der Waals surface area contributed by atoms with Crippen LogP contribution in [0.25, 0.3) is 11.2 Å². The Bertz CT molecular complexity index is 525. The summed E-state index contributed by atoms with van der Waals surface area (Å²) in [4.78, 5) is 14.8. The Kier molecular flexibility index (Phi) is 1.98. The molecule has 14 heavy (non-hydrogen) atoms. The van der Waals surface area contributed by atoms with Crippen molar-refractivity contribution < 1.29 is 0 Å². The van der Waals surface area contributed by atoms with Crippen LogP contribution in [0.2, 0.25) is 0 Å². The lowest BCUT2D eigenvalue weighted by atomic mass is 10.5. The third-order valence-electron chi connectivity index (χ3n) is 1.65. The molecular formula is C7H6N6S. The number of fused-ring (bicyclic) bond motifs is 1. The molecule has 0 spiro atoms. The molecule has 2 heterocycles. The van der Waals surface area contributed by atoms with E-state index in [1.807, 2.05) is 12.3 Å². The summed E-state index contributed by atoms with van der Waals surface area (Å²) in [6.07, 6.45) is 1.85. The van der Waals surface area contributed by atoms with Crippen LogP contribution in [0.1, 0.15) is 5.82 Å². The lowest BCUT2D eigenvalue weighted by Gasteiger charge is -1.96. The third-order valence-corrected chi connectivity index (χ3v) is 2.19. The Morgan fingerprint density at radius 2 is 2.21 bits per heavy atom. The predicted molar refractivity (Wildman–Crippen MR) is 52.6 cm³/mol. The Morgan fingerprint density at radius 1 is 1.43 bits per heavy atom. The minimum atomic E-state index is 0.194. The van der Waals surface area contributed by atoms with Gasteiger partial charge in [0.05, 0.1) is 0 Å². The fourth-order valence-electron chi connectivity index (χ4n) is 1.04. The minimum Gasteiger partial charge on any atom is -0.382 e. The fraction of sp³-hybridized carbons (Fsp3) is 0.143. The van der Waals surface area contributed by atoms with Crippen molar-refractivity contribution in [3.63, 3.8) is 0 Å². The number of nitrogens with zero attached hydrogens (tertiary/aromatic N) is 4. The van der Waals surface area contributed by atoms with E-state index < -0.39 is 0 Å². The second-order valence-electron chi connectivity index (χ2n) is 2.49. The predicted octanol–water partition coefficient (Wildman–Crippen LogP) is 0.529. The Hall–Kier alpha value is -1.81. The van der Waals surface area contributed by atoms with Gasteiger partial charge in [-0.15, -0.1) is 0 Å². The van der Waals surface area contributed by atoms with Crippen molar-refractivity contribution >= 4 is 28.7 Å². The molecular weight excluding hydrogens is 200 g/mol. The second kappa shape index (κ2) is 3.16. The lowest BCUT2D eigenvalue weighted by Crippen LogP contribution is -1.95. The highest BCUT2D eigenvalue weighted by atomic mass is 32.2. The summed E-state index contributed by atoms with van der Waals surface area (Å²) in [6.45, 7) is 0. The lowest BCUT2D eigenvalue weighted by molar-refractivity contribution is 1.00. The van der Waals surface area contributed by atoms with Crippen LogP contribution in [0.5, 0.6) is 0 Å². The molecule has 0 unspecified atom stereocenters. The van der Waals surface area contributed by atoms with E-state index in [4.69, 9.17) is 11.0 Å². The van der Waals surface area contributed by atoms with Crippen molar-refractivity contribution in [2.24, 2.45) is 0 Å². The van der Waals surface area contributed by atoms with Crippen LogP contribution in [0, 0.1) is 11.3 Å². The molecule has 0 bridgehead atoms. The van der Waals surface area contributed by atoms with Crippen molar-refractivity contribution in [1.29, 1.82) is 5.26 Å². The van der Waals surface area contributed by atoms with Crippen molar-refractivity contribution in [3.05, 3.63) is 5.82 Å². The molecule has 70 valence electrons. The first-order chi connectivity index (χ1) is 6.74. The standard InChI is InChI=1S/C7H6N6S/c1-14-7-12-5(9)4-6(13-7)11-3(2-8)10-4/h1H3,(H3,9,10,11,12,13). The van der Waals surface area contributed by atoms with E-state index in [1.54, 1.807) is 0 Å². The van der Waals surface area contributed by atoms with Gasteiger partial charge in [0.1, 0.15) is 11.6 Å². The number of rotatable bonds is 1. The van der Waals surface area contributed by atoms with Gasteiger partial charge in [-0.25, -0.2) is 9.97 Å². The van der Waals surface area contributed by atoms with Crippen molar-refractivity contribution in [1.82, 2.24) is 19.9 Å². The van der Waals surface area contributed by atoms with Crippen LogP contribution in [-0.2, 0) is 0 Å². The largest absolute Gasteiger partial charge is 0.382 e. The first-order valence-corrected chi connectivity index (χ1v) is 4.94. The smallest absolute Gasteiger partial charge is 0.212 e. The molecule has 0 saturated heterocycles. The average Bonchev–Trinajstić information content (AvgIpc) is 2.61. The van der Waals surface area contributed by atoms with Crippen LogP contribution >= 0.6 is 11.8 Å². The highest BCUT2D eigenvalue weighted by Crippen LogP contribution is 2.18. The van der Waals surface area contributed by atoms with Gasteiger partial charge in [0.15, 0.2) is 16.6 Å². The molecule has 2 aromatic rings. The highest BCUT2D eigenvalue weighted by Gasteiger charge is 2.09. The van der Waals surface area contributed by atoms with Gasteiger partial charge in [-0.3, -0.25) is 0 Å². The van der Waals surface area contributed by atoms with Crippen LogP contribution in [0.15, 0.2) is 5.16 Å². The van der Waals surface area contributed by atoms with Gasteiger partial charge in [0, 0.05) is 0 Å². The van der Waals surface area contributed by atoms with Crippen LogP contribution in [-0.4, -0.2) is 26.2 Å². The second-order valence-corrected chi connectivity index (χ2v) is 3.26. The summed E-state index contributed by atoms with van der Waals surface area (Å²) in [7, 11) is 0. The summed E-state index contributed by atoms with van der Waals surface area (Å²) in [5.74, 6) is 0.507. The average molecular weight is 206 g/mol. The van der Waals surface area contributed by atoms with Gasteiger partial charge >= 0.3 is 0 Å². The van der Waals surface area contributed by atoms with Gasteiger partial charge in [-0.05, 0) is 6.26 Å². The van der Waals surface area contributed by atoms with E-state index in [1.165, 1.54) is 11.8 Å². The summed E-state index contributed by atoms with van der Waals surface area (Å²) >= 11 is 1.38. The number of aromatic nitrogens is 4. The molecule has 2 rings (SSSR count).